The normalized spacial score (nSPS) is 10.3. The van der Waals surface area contributed by atoms with E-state index in [0.29, 0.717) is 6.54 Å². The standard InChI is InChI=1S/C14H14INOS/c1-2-16(10-13-4-3-9-18-13)14(17)11-5-7-12(15)8-6-11/h3-9H,2,10H2,1H3. The molecule has 1 aromatic carbocycles. The largest absolute Gasteiger partial charge is 0.334 e. The highest BCUT2D eigenvalue weighted by atomic mass is 127. The number of nitrogens with zero attached hydrogens (tertiary/aromatic N) is 1. The molecule has 0 saturated carbocycles. The van der Waals surface area contributed by atoms with Gasteiger partial charge in [0.2, 0.25) is 0 Å². The Hall–Kier alpha value is -0.880. The third-order valence-corrected chi connectivity index (χ3v) is 4.27. The molecule has 2 rings (SSSR count). The van der Waals surface area contributed by atoms with Crippen LogP contribution in [0, 0.1) is 3.57 Å². The molecule has 0 aliphatic rings. The second-order valence-corrected chi connectivity index (χ2v) is 6.18. The summed E-state index contributed by atoms with van der Waals surface area (Å²) in [5.41, 5.74) is 0.758. The molecule has 18 heavy (non-hydrogen) atoms. The lowest BCUT2D eigenvalue weighted by Crippen LogP contribution is -2.29. The van der Waals surface area contributed by atoms with Crippen LogP contribution in [-0.2, 0) is 6.54 Å². The van der Waals surface area contributed by atoms with Gasteiger partial charge in [-0.2, -0.15) is 0 Å². The van der Waals surface area contributed by atoms with Crippen molar-refractivity contribution in [3.8, 4) is 0 Å². The first-order valence-corrected chi connectivity index (χ1v) is 7.73. The van der Waals surface area contributed by atoms with E-state index >= 15 is 0 Å². The maximum absolute atomic E-state index is 12.3. The van der Waals surface area contributed by atoms with E-state index in [9.17, 15) is 4.79 Å². The van der Waals surface area contributed by atoms with Gasteiger partial charge in [-0.3, -0.25) is 4.79 Å². The molecule has 0 unspecified atom stereocenters. The maximum Gasteiger partial charge on any atom is 0.254 e. The molecule has 0 aliphatic carbocycles. The van der Waals surface area contributed by atoms with Crippen LogP contribution in [-0.4, -0.2) is 17.4 Å². The minimum absolute atomic E-state index is 0.0994. The van der Waals surface area contributed by atoms with Gasteiger partial charge in [-0.25, -0.2) is 0 Å². The molecular formula is C14H14INOS. The number of rotatable bonds is 4. The average molecular weight is 371 g/mol. The Bertz CT molecular complexity index is 507. The molecule has 94 valence electrons. The van der Waals surface area contributed by atoms with Crippen LogP contribution in [0.4, 0.5) is 0 Å². The van der Waals surface area contributed by atoms with E-state index in [-0.39, 0.29) is 5.91 Å². The van der Waals surface area contributed by atoms with Gasteiger partial charge >= 0.3 is 0 Å². The molecule has 0 radical (unpaired) electrons. The summed E-state index contributed by atoms with van der Waals surface area (Å²) in [4.78, 5) is 15.4. The first-order chi connectivity index (χ1) is 8.70. The second kappa shape index (κ2) is 6.33. The van der Waals surface area contributed by atoms with E-state index in [4.69, 9.17) is 0 Å². The Labute approximate surface area is 125 Å². The van der Waals surface area contributed by atoms with Crippen LogP contribution in [0.25, 0.3) is 0 Å². The van der Waals surface area contributed by atoms with Crippen molar-refractivity contribution in [1.82, 2.24) is 4.90 Å². The Balaban J connectivity index is 2.12. The molecule has 1 aromatic heterocycles. The summed E-state index contributed by atoms with van der Waals surface area (Å²) >= 11 is 3.93. The zero-order valence-electron chi connectivity index (χ0n) is 10.1. The highest BCUT2D eigenvalue weighted by Crippen LogP contribution is 2.15. The Morgan fingerprint density at radius 3 is 2.56 bits per heavy atom. The smallest absolute Gasteiger partial charge is 0.254 e. The summed E-state index contributed by atoms with van der Waals surface area (Å²) in [5.74, 6) is 0.0994. The van der Waals surface area contributed by atoms with Crippen LogP contribution in [0.2, 0.25) is 0 Å². The Morgan fingerprint density at radius 2 is 2.00 bits per heavy atom. The van der Waals surface area contributed by atoms with Crippen LogP contribution in [0.15, 0.2) is 41.8 Å². The van der Waals surface area contributed by atoms with Crippen LogP contribution in [0.3, 0.4) is 0 Å². The number of hydrogen-bond acceptors (Lipinski definition) is 2. The monoisotopic (exact) mass is 371 g/mol. The summed E-state index contributed by atoms with van der Waals surface area (Å²) in [6.45, 7) is 3.43. The summed E-state index contributed by atoms with van der Waals surface area (Å²) in [6, 6.07) is 11.8. The second-order valence-electron chi connectivity index (χ2n) is 3.91. The van der Waals surface area contributed by atoms with Crippen LogP contribution in [0.1, 0.15) is 22.2 Å². The van der Waals surface area contributed by atoms with Gasteiger partial charge in [-0.1, -0.05) is 6.07 Å². The van der Waals surface area contributed by atoms with E-state index in [1.54, 1.807) is 11.3 Å². The maximum atomic E-state index is 12.3. The van der Waals surface area contributed by atoms with Crippen LogP contribution >= 0.6 is 33.9 Å². The van der Waals surface area contributed by atoms with Gasteiger partial charge in [0.1, 0.15) is 0 Å². The van der Waals surface area contributed by atoms with Gasteiger partial charge < -0.3 is 4.90 Å². The predicted octanol–water partition coefficient (Wildman–Crippen LogP) is 4.02. The topological polar surface area (TPSA) is 20.3 Å². The fourth-order valence-electron chi connectivity index (χ4n) is 1.69. The lowest BCUT2D eigenvalue weighted by molar-refractivity contribution is 0.0754. The lowest BCUT2D eigenvalue weighted by atomic mass is 10.2. The van der Waals surface area contributed by atoms with Gasteiger partial charge in [0.15, 0.2) is 0 Å². The zero-order chi connectivity index (χ0) is 13.0. The molecular weight excluding hydrogens is 357 g/mol. The molecule has 0 N–H and O–H groups in total. The number of halogens is 1. The Morgan fingerprint density at radius 1 is 1.28 bits per heavy atom. The molecule has 2 nitrogen and oxygen atoms in total. The van der Waals surface area contributed by atoms with E-state index in [2.05, 4.69) is 28.7 Å². The minimum atomic E-state index is 0.0994. The molecule has 0 saturated heterocycles. The van der Waals surface area contributed by atoms with Crippen LogP contribution < -0.4 is 0 Å². The fourth-order valence-corrected chi connectivity index (χ4v) is 2.77. The van der Waals surface area contributed by atoms with Crippen molar-refractivity contribution in [3.05, 3.63) is 55.8 Å². The Kier molecular flexibility index (Phi) is 4.77. The summed E-state index contributed by atoms with van der Waals surface area (Å²) in [7, 11) is 0. The highest BCUT2D eigenvalue weighted by molar-refractivity contribution is 14.1. The van der Waals surface area contributed by atoms with E-state index < -0.39 is 0 Å². The van der Waals surface area contributed by atoms with E-state index in [0.717, 1.165) is 15.7 Å². The average Bonchev–Trinajstić information content (AvgIpc) is 2.89. The van der Waals surface area contributed by atoms with Crippen molar-refractivity contribution >= 4 is 39.8 Å². The molecule has 0 bridgehead atoms. The number of amides is 1. The SMILES string of the molecule is CCN(Cc1cccs1)C(=O)c1ccc(I)cc1. The minimum Gasteiger partial charge on any atom is -0.334 e. The first kappa shape index (κ1) is 13.5. The number of carbonyl (C=O) groups excluding carboxylic acids is 1. The zero-order valence-corrected chi connectivity index (χ0v) is 13.1. The molecule has 4 heteroatoms. The number of carbonyl (C=O) groups is 1. The summed E-state index contributed by atoms with van der Waals surface area (Å²) in [5, 5.41) is 2.04. The van der Waals surface area contributed by atoms with E-state index in [1.807, 2.05) is 47.5 Å². The van der Waals surface area contributed by atoms with Crippen LogP contribution in [0.5, 0.6) is 0 Å². The number of hydrogen-bond donors (Lipinski definition) is 0. The van der Waals surface area contributed by atoms with Gasteiger partial charge in [-0.15, -0.1) is 11.3 Å². The van der Waals surface area contributed by atoms with Gasteiger partial charge in [0, 0.05) is 20.6 Å². The van der Waals surface area contributed by atoms with Crippen molar-refractivity contribution < 1.29 is 4.79 Å². The lowest BCUT2D eigenvalue weighted by Gasteiger charge is -2.20. The first-order valence-electron chi connectivity index (χ1n) is 5.78. The molecule has 0 spiro atoms. The van der Waals surface area contributed by atoms with Crippen molar-refractivity contribution in [1.29, 1.82) is 0 Å². The summed E-state index contributed by atoms with van der Waals surface area (Å²) in [6.07, 6.45) is 0. The highest BCUT2D eigenvalue weighted by Gasteiger charge is 2.14. The van der Waals surface area contributed by atoms with E-state index in [1.165, 1.54) is 4.88 Å². The van der Waals surface area contributed by atoms with Gasteiger partial charge in [-0.05, 0) is 65.2 Å². The predicted molar refractivity (Wildman–Crippen MR) is 83.9 cm³/mol. The van der Waals surface area contributed by atoms with Crippen molar-refractivity contribution in [2.75, 3.05) is 6.54 Å². The third kappa shape index (κ3) is 3.32. The molecule has 1 heterocycles. The molecule has 2 aromatic rings. The molecule has 0 fully saturated rings. The van der Waals surface area contributed by atoms with Gasteiger partial charge in [0.25, 0.3) is 5.91 Å². The molecule has 0 atom stereocenters. The summed E-state index contributed by atoms with van der Waals surface area (Å²) < 4.78 is 1.14. The van der Waals surface area contributed by atoms with Gasteiger partial charge in [0.05, 0.1) is 6.54 Å². The van der Waals surface area contributed by atoms with Crippen molar-refractivity contribution in [3.63, 3.8) is 0 Å². The van der Waals surface area contributed by atoms with Crippen molar-refractivity contribution in [2.24, 2.45) is 0 Å². The fraction of sp³-hybridized carbons (Fsp3) is 0.214. The number of thiophene rings is 1. The molecule has 0 aliphatic heterocycles. The van der Waals surface area contributed by atoms with Crippen molar-refractivity contribution in [2.45, 2.75) is 13.5 Å². The third-order valence-electron chi connectivity index (χ3n) is 2.69. The molecule has 1 amide bonds. The number of benzene rings is 1. The quantitative estimate of drug-likeness (QED) is 0.744.